The third kappa shape index (κ3) is 4.66. The predicted molar refractivity (Wildman–Crippen MR) is 101 cm³/mol. The summed E-state index contributed by atoms with van der Waals surface area (Å²) >= 11 is 0. The van der Waals surface area contributed by atoms with Crippen LogP contribution >= 0.6 is 0 Å². The first-order valence-corrected chi connectivity index (χ1v) is 8.23. The van der Waals surface area contributed by atoms with Crippen LogP contribution in [0.5, 0.6) is 5.75 Å². The van der Waals surface area contributed by atoms with Crippen molar-refractivity contribution in [3.05, 3.63) is 81.5 Å². The molecule has 2 aromatic carbocycles. The predicted octanol–water partition coefficient (Wildman–Crippen LogP) is 4.00. The number of esters is 1. The van der Waals surface area contributed by atoms with Gasteiger partial charge in [0.05, 0.1) is 11.5 Å². The van der Waals surface area contributed by atoms with Gasteiger partial charge in [-0.25, -0.2) is 9.79 Å². The smallest absolute Gasteiger partial charge is 0.363 e. The number of ether oxygens (including phenoxy) is 2. The number of nitrogens with zero attached hydrogens (tertiary/aromatic N) is 2. The van der Waals surface area contributed by atoms with Crippen LogP contribution < -0.4 is 4.74 Å². The van der Waals surface area contributed by atoms with Crippen molar-refractivity contribution >= 4 is 29.7 Å². The fraction of sp³-hybridized carbons (Fsp3) is 0.100. The van der Waals surface area contributed by atoms with Gasteiger partial charge in [-0.05, 0) is 42.3 Å². The minimum Gasteiger partial charge on any atom is -0.494 e. The maximum absolute atomic E-state index is 12.0. The van der Waals surface area contributed by atoms with Gasteiger partial charge in [-0.1, -0.05) is 24.3 Å². The van der Waals surface area contributed by atoms with E-state index in [-0.39, 0.29) is 17.3 Å². The Hall–Kier alpha value is -3.74. The largest absolute Gasteiger partial charge is 0.494 e. The molecule has 0 fully saturated rings. The maximum Gasteiger partial charge on any atom is 0.363 e. The molecule has 0 bridgehead atoms. The van der Waals surface area contributed by atoms with Crippen LogP contribution in [0.2, 0.25) is 0 Å². The third-order valence-corrected chi connectivity index (χ3v) is 3.63. The van der Waals surface area contributed by atoms with Gasteiger partial charge in [0.2, 0.25) is 5.90 Å². The van der Waals surface area contributed by atoms with Gasteiger partial charge < -0.3 is 9.47 Å². The second-order valence-corrected chi connectivity index (χ2v) is 5.56. The Morgan fingerprint density at radius 1 is 1.15 bits per heavy atom. The normalized spacial score (nSPS) is 15.1. The number of cyclic esters (lactones) is 1. The molecule has 0 N–H and O–H groups in total. The van der Waals surface area contributed by atoms with E-state index in [0.29, 0.717) is 12.2 Å². The first kappa shape index (κ1) is 18.1. The topological polar surface area (TPSA) is 91.0 Å². The van der Waals surface area contributed by atoms with Gasteiger partial charge >= 0.3 is 5.97 Å². The molecule has 2 aromatic rings. The van der Waals surface area contributed by atoms with E-state index < -0.39 is 10.9 Å². The van der Waals surface area contributed by atoms with Gasteiger partial charge in [0.25, 0.3) is 5.69 Å². The molecular formula is C20H16N2O5. The zero-order chi connectivity index (χ0) is 19.2. The van der Waals surface area contributed by atoms with Crippen molar-refractivity contribution in [2.45, 2.75) is 6.92 Å². The summed E-state index contributed by atoms with van der Waals surface area (Å²) in [6.07, 6.45) is 4.71. The van der Waals surface area contributed by atoms with Crippen molar-refractivity contribution in [1.82, 2.24) is 0 Å². The van der Waals surface area contributed by atoms with Gasteiger partial charge in [0.1, 0.15) is 5.75 Å². The molecule has 0 atom stereocenters. The van der Waals surface area contributed by atoms with Gasteiger partial charge in [-0.2, -0.15) is 0 Å². The standard InChI is InChI=1S/C20H16N2O5/c1-2-26-17-9-6-15(7-10-17)13-18-20(23)27-19(21-18)11-8-14-4-3-5-16(12-14)22(24)25/h3-13H,2H2,1H3/b11-8+,18-13-. The molecule has 1 aliphatic rings. The van der Waals surface area contributed by atoms with Crippen LogP contribution in [-0.2, 0) is 9.53 Å². The van der Waals surface area contributed by atoms with Crippen molar-refractivity contribution < 1.29 is 19.2 Å². The number of carbonyl (C=O) groups is 1. The Morgan fingerprint density at radius 2 is 1.93 bits per heavy atom. The van der Waals surface area contributed by atoms with Crippen molar-refractivity contribution in [1.29, 1.82) is 0 Å². The van der Waals surface area contributed by atoms with Crippen molar-refractivity contribution in [2.75, 3.05) is 6.61 Å². The van der Waals surface area contributed by atoms with E-state index in [4.69, 9.17) is 9.47 Å². The van der Waals surface area contributed by atoms with Gasteiger partial charge in [0.15, 0.2) is 5.70 Å². The lowest BCUT2D eigenvalue weighted by atomic mass is 10.2. The molecule has 7 heteroatoms. The van der Waals surface area contributed by atoms with Crippen molar-refractivity contribution in [3.63, 3.8) is 0 Å². The molecule has 1 heterocycles. The Balaban J connectivity index is 1.75. The molecule has 0 unspecified atom stereocenters. The van der Waals surface area contributed by atoms with Crippen LogP contribution in [0, 0.1) is 10.1 Å². The Labute approximate surface area is 155 Å². The molecule has 0 aliphatic carbocycles. The highest BCUT2D eigenvalue weighted by Crippen LogP contribution is 2.19. The lowest BCUT2D eigenvalue weighted by Crippen LogP contribution is -2.01. The molecule has 136 valence electrons. The number of nitro groups is 1. The molecule has 1 aliphatic heterocycles. The van der Waals surface area contributed by atoms with E-state index in [1.165, 1.54) is 18.2 Å². The number of hydrogen-bond donors (Lipinski definition) is 0. The molecular weight excluding hydrogens is 348 g/mol. The van der Waals surface area contributed by atoms with E-state index in [1.54, 1.807) is 24.3 Å². The summed E-state index contributed by atoms with van der Waals surface area (Å²) in [4.78, 5) is 26.4. The summed E-state index contributed by atoms with van der Waals surface area (Å²) in [5.41, 5.74) is 1.56. The highest BCUT2D eigenvalue weighted by molar-refractivity contribution is 6.11. The van der Waals surface area contributed by atoms with Crippen LogP contribution in [0.3, 0.4) is 0 Å². The Morgan fingerprint density at radius 3 is 2.63 bits per heavy atom. The monoisotopic (exact) mass is 364 g/mol. The van der Waals surface area contributed by atoms with Gasteiger partial charge in [-0.15, -0.1) is 0 Å². The average molecular weight is 364 g/mol. The molecule has 0 saturated heterocycles. The SMILES string of the molecule is CCOc1ccc(/C=C2N=C(/C=C/c3cccc([N+](=O)[O-])c3)OC\2=O)cc1. The number of non-ortho nitro benzene ring substituents is 1. The van der Waals surface area contributed by atoms with Crippen LogP contribution in [-0.4, -0.2) is 23.4 Å². The lowest BCUT2D eigenvalue weighted by molar-refractivity contribution is -0.384. The highest BCUT2D eigenvalue weighted by atomic mass is 16.6. The maximum atomic E-state index is 12.0. The van der Waals surface area contributed by atoms with E-state index in [1.807, 2.05) is 31.2 Å². The Bertz CT molecular complexity index is 959. The van der Waals surface area contributed by atoms with Crippen LogP contribution in [0.4, 0.5) is 5.69 Å². The quantitative estimate of drug-likeness (QED) is 0.334. The minimum absolute atomic E-state index is 0.0152. The molecule has 0 radical (unpaired) electrons. The number of nitro benzene ring substituents is 1. The number of aliphatic imine (C=N–C) groups is 1. The zero-order valence-corrected chi connectivity index (χ0v) is 14.5. The van der Waals surface area contributed by atoms with Crippen LogP contribution in [0.1, 0.15) is 18.1 Å². The molecule has 7 nitrogen and oxygen atoms in total. The first-order chi connectivity index (χ1) is 13.0. The second kappa shape index (κ2) is 8.09. The second-order valence-electron chi connectivity index (χ2n) is 5.56. The summed E-state index contributed by atoms with van der Waals surface area (Å²) in [7, 11) is 0. The third-order valence-electron chi connectivity index (χ3n) is 3.63. The van der Waals surface area contributed by atoms with Crippen LogP contribution in [0.25, 0.3) is 12.2 Å². The van der Waals surface area contributed by atoms with Crippen molar-refractivity contribution in [3.8, 4) is 5.75 Å². The summed E-state index contributed by atoms with van der Waals surface area (Å²) in [5.74, 6) is 0.323. The molecule has 0 aromatic heterocycles. The van der Waals surface area contributed by atoms with Crippen LogP contribution in [0.15, 0.2) is 65.3 Å². The van der Waals surface area contributed by atoms with E-state index in [9.17, 15) is 14.9 Å². The number of carbonyl (C=O) groups excluding carboxylic acids is 1. The van der Waals surface area contributed by atoms with Gasteiger partial charge in [-0.3, -0.25) is 10.1 Å². The van der Waals surface area contributed by atoms with E-state index in [2.05, 4.69) is 4.99 Å². The summed E-state index contributed by atoms with van der Waals surface area (Å²) in [6.45, 7) is 2.49. The summed E-state index contributed by atoms with van der Waals surface area (Å²) in [6, 6.07) is 13.4. The molecule has 0 spiro atoms. The minimum atomic E-state index is -0.553. The van der Waals surface area contributed by atoms with E-state index in [0.717, 1.165) is 11.3 Å². The number of hydrogen-bond acceptors (Lipinski definition) is 6. The van der Waals surface area contributed by atoms with Crippen molar-refractivity contribution in [2.24, 2.45) is 4.99 Å². The summed E-state index contributed by atoms with van der Waals surface area (Å²) < 4.78 is 10.5. The number of rotatable bonds is 6. The molecule has 0 saturated carbocycles. The highest BCUT2D eigenvalue weighted by Gasteiger charge is 2.21. The molecule has 0 amide bonds. The summed E-state index contributed by atoms with van der Waals surface area (Å²) in [5, 5.41) is 10.8. The average Bonchev–Trinajstić information content (AvgIpc) is 3.01. The first-order valence-electron chi connectivity index (χ1n) is 8.23. The zero-order valence-electron chi connectivity index (χ0n) is 14.5. The van der Waals surface area contributed by atoms with E-state index >= 15 is 0 Å². The molecule has 3 rings (SSSR count). The molecule has 27 heavy (non-hydrogen) atoms. The number of benzene rings is 2. The van der Waals surface area contributed by atoms with Gasteiger partial charge in [0, 0.05) is 18.2 Å². The fourth-order valence-corrected chi connectivity index (χ4v) is 2.39. The Kier molecular flexibility index (Phi) is 5.41. The fourth-order valence-electron chi connectivity index (χ4n) is 2.39. The lowest BCUT2D eigenvalue weighted by Gasteiger charge is -2.02.